The van der Waals surface area contributed by atoms with Crippen molar-refractivity contribution in [2.24, 2.45) is 0 Å². The lowest BCUT2D eigenvalue weighted by Gasteiger charge is -2.16. The molecule has 0 saturated heterocycles. The van der Waals surface area contributed by atoms with Gasteiger partial charge in [0, 0.05) is 16.3 Å². The average molecular weight is 533 g/mol. The van der Waals surface area contributed by atoms with E-state index in [9.17, 15) is 5.26 Å². The van der Waals surface area contributed by atoms with Gasteiger partial charge in [0.15, 0.2) is 0 Å². The molecule has 8 rings (SSSR count). The van der Waals surface area contributed by atoms with E-state index in [0.717, 1.165) is 38.7 Å². The van der Waals surface area contributed by atoms with E-state index in [4.69, 9.17) is 4.98 Å². The van der Waals surface area contributed by atoms with Gasteiger partial charge in [-0.25, -0.2) is 4.98 Å². The van der Waals surface area contributed by atoms with Crippen LogP contribution in [-0.4, -0.2) is 4.98 Å². The van der Waals surface area contributed by atoms with E-state index in [-0.39, 0.29) is 0 Å². The minimum Gasteiger partial charge on any atom is -0.247 e. The molecule has 0 radical (unpaired) electrons. The number of nitriles is 1. The van der Waals surface area contributed by atoms with Gasteiger partial charge in [0.1, 0.15) is 0 Å². The van der Waals surface area contributed by atoms with E-state index in [1.165, 1.54) is 38.1 Å². The summed E-state index contributed by atoms with van der Waals surface area (Å²) < 4.78 is 0. The van der Waals surface area contributed by atoms with Crippen molar-refractivity contribution in [1.29, 1.82) is 5.26 Å². The van der Waals surface area contributed by atoms with E-state index in [1.54, 1.807) is 0 Å². The summed E-state index contributed by atoms with van der Waals surface area (Å²) in [6.07, 6.45) is 0. The summed E-state index contributed by atoms with van der Waals surface area (Å²) in [6.45, 7) is 0. The highest BCUT2D eigenvalue weighted by atomic mass is 14.7. The van der Waals surface area contributed by atoms with Gasteiger partial charge in [-0.1, -0.05) is 109 Å². The highest BCUT2D eigenvalue weighted by Gasteiger charge is 2.16. The maximum absolute atomic E-state index is 9.35. The van der Waals surface area contributed by atoms with Gasteiger partial charge in [-0.15, -0.1) is 0 Å². The third kappa shape index (κ3) is 4.00. The van der Waals surface area contributed by atoms with Gasteiger partial charge < -0.3 is 0 Å². The zero-order valence-electron chi connectivity index (χ0n) is 22.8. The molecule has 7 aromatic carbocycles. The number of pyridine rings is 1. The Bertz CT molecular complexity index is 2360. The third-order valence-electron chi connectivity index (χ3n) is 8.25. The predicted molar refractivity (Wildman–Crippen MR) is 175 cm³/mol. The molecule has 0 spiro atoms. The van der Waals surface area contributed by atoms with E-state index in [2.05, 4.69) is 127 Å². The van der Waals surface area contributed by atoms with Crippen molar-refractivity contribution in [3.05, 3.63) is 151 Å². The molecule has 1 heterocycles. The molecule has 0 aliphatic heterocycles. The Morgan fingerprint density at radius 3 is 1.57 bits per heavy atom. The first-order chi connectivity index (χ1) is 20.7. The second-order valence-electron chi connectivity index (χ2n) is 10.7. The Kier molecular flexibility index (Phi) is 5.55. The zero-order chi connectivity index (χ0) is 28.0. The fraction of sp³-hybridized carbons (Fsp3) is 0. The molecule has 8 aromatic rings. The molecule has 1 aromatic heterocycles. The van der Waals surface area contributed by atoms with Crippen LogP contribution in [0.15, 0.2) is 146 Å². The van der Waals surface area contributed by atoms with Crippen LogP contribution in [0.4, 0.5) is 0 Å². The van der Waals surface area contributed by atoms with Crippen molar-refractivity contribution in [3.63, 3.8) is 0 Å². The summed E-state index contributed by atoms with van der Waals surface area (Å²) in [5.41, 5.74) is 8.15. The predicted octanol–water partition coefficient (Wildman–Crippen LogP) is 10.6. The molecule has 0 aliphatic rings. The van der Waals surface area contributed by atoms with Crippen LogP contribution in [0.25, 0.3) is 76.7 Å². The van der Waals surface area contributed by atoms with E-state index in [0.29, 0.717) is 5.56 Å². The molecule has 0 aliphatic carbocycles. The van der Waals surface area contributed by atoms with Gasteiger partial charge in [0.2, 0.25) is 0 Å². The normalized spacial score (nSPS) is 11.3. The van der Waals surface area contributed by atoms with E-state index in [1.807, 2.05) is 24.3 Å². The SMILES string of the molecule is N#Cc1ccc(-c2cc(-c3ccc4ccccc4c3)c3cc(-c4ccc5ccccc5c4)c4ccccc4c3n2)cc1. The number of hydrogen-bond donors (Lipinski definition) is 0. The highest BCUT2D eigenvalue weighted by Crippen LogP contribution is 2.41. The van der Waals surface area contributed by atoms with Crippen LogP contribution < -0.4 is 0 Å². The van der Waals surface area contributed by atoms with E-state index < -0.39 is 0 Å². The first-order valence-electron chi connectivity index (χ1n) is 14.1. The second-order valence-corrected chi connectivity index (χ2v) is 10.7. The quantitative estimate of drug-likeness (QED) is 0.212. The summed E-state index contributed by atoms with van der Waals surface area (Å²) >= 11 is 0. The first-order valence-corrected chi connectivity index (χ1v) is 14.1. The molecule has 0 fully saturated rings. The summed E-state index contributed by atoms with van der Waals surface area (Å²) in [4.78, 5) is 5.28. The molecule has 0 saturated carbocycles. The molecule has 42 heavy (non-hydrogen) atoms. The molecular weight excluding hydrogens is 508 g/mol. The number of fused-ring (bicyclic) bond motifs is 5. The van der Waals surface area contributed by atoms with Crippen LogP contribution in [-0.2, 0) is 0 Å². The Labute approximate surface area is 243 Å². The Morgan fingerprint density at radius 1 is 0.429 bits per heavy atom. The number of nitrogens with zero attached hydrogens (tertiary/aromatic N) is 2. The fourth-order valence-corrected chi connectivity index (χ4v) is 6.11. The summed E-state index contributed by atoms with van der Waals surface area (Å²) in [5.74, 6) is 0. The first kappa shape index (κ1) is 24.1. The number of hydrogen-bond acceptors (Lipinski definition) is 2. The van der Waals surface area contributed by atoms with Crippen molar-refractivity contribution in [2.75, 3.05) is 0 Å². The summed E-state index contributed by atoms with van der Waals surface area (Å²) in [6, 6.07) is 53.4. The van der Waals surface area contributed by atoms with Gasteiger partial charge in [-0.3, -0.25) is 0 Å². The van der Waals surface area contributed by atoms with Crippen molar-refractivity contribution < 1.29 is 0 Å². The zero-order valence-corrected chi connectivity index (χ0v) is 22.8. The van der Waals surface area contributed by atoms with E-state index >= 15 is 0 Å². The number of aromatic nitrogens is 1. The van der Waals surface area contributed by atoms with Crippen molar-refractivity contribution in [2.45, 2.75) is 0 Å². The molecule has 194 valence electrons. The smallest absolute Gasteiger partial charge is 0.0991 e. The third-order valence-corrected chi connectivity index (χ3v) is 8.25. The van der Waals surface area contributed by atoms with Gasteiger partial charge in [0.05, 0.1) is 22.8 Å². The monoisotopic (exact) mass is 532 g/mol. The van der Waals surface area contributed by atoms with Gasteiger partial charge >= 0.3 is 0 Å². The standard InChI is InChI=1S/C40H24N2/c41-25-26-13-15-29(16-14-26)39-24-37(33-20-18-28-8-2-4-10-31(28)22-33)38-23-36(34-11-5-6-12-35(34)40(38)42-39)32-19-17-27-7-1-3-9-30(27)21-32/h1-24H. The van der Waals surface area contributed by atoms with Crippen LogP contribution >= 0.6 is 0 Å². The number of benzene rings is 7. The lowest BCUT2D eigenvalue weighted by molar-refractivity contribution is 1.40. The highest BCUT2D eigenvalue weighted by molar-refractivity contribution is 6.16. The second kappa shape index (κ2) is 9.70. The Morgan fingerprint density at radius 2 is 0.952 bits per heavy atom. The van der Waals surface area contributed by atoms with Crippen molar-refractivity contribution >= 4 is 43.2 Å². The molecule has 2 heteroatoms. The summed E-state index contributed by atoms with van der Waals surface area (Å²) in [5, 5.41) is 17.6. The molecule has 0 amide bonds. The van der Waals surface area contributed by atoms with Gasteiger partial charge in [-0.05, 0) is 85.6 Å². The minimum atomic E-state index is 0.639. The molecule has 0 N–H and O–H groups in total. The Hall–Kier alpha value is -5.78. The molecule has 0 unspecified atom stereocenters. The Balaban J connectivity index is 1.46. The van der Waals surface area contributed by atoms with Gasteiger partial charge in [0.25, 0.3) is 0 Å². The molecule has 0 bridgehead atoms. The summed E-state index contributed by atoms with van der Waals surface area (Å²) in [7, 11) is 0. The number of rotatable bonds is 3. The lowest BCUT2D eigenvalue weighted by atomic mass is 9.90. The molecular formula is C40H24N2. The maximum Gasteiger partial charge on any atom is 0.0991 e. The molecule has 2 nitrogen and oxygen atoms in total. The van der Waals surface area contributed by atoms with Gasteiger partial charge in [-0.2, -0.15) is 5.26 Å². The van der Waals surface area contributed by atoms with Crippen LogP contribution in [0.5, 0.6) is 0 Å². The van der Waals surface area contributed by atoms with Crippen molar-refractivity contribution in [3.8, 4) is 39.6 Å². The lowest BCUT2D eigenvalue weighted by Crippen LogP contribution is -1.93. The largest absolute Gasteiger partial charge is 0.247 e. The topological polar surface area (TPSA) is 36.7 Å². The van der Waals surface area contributed by atoms with Crippen LogP contribution in [0.1, 0.15) is 5.56 Å². The fourth-order valence-electron chi connectivity index (χ4n) is 6.11. The van der Waals surface area contributed by atoms with Crippen LogP contribution in [0, 0.1) is 11.3 Å². The molecule has 0 atom stereocenters. The maximum atomic E-state index is 9.35. The minimum absolute atomic E-state index is 0.639. The average Bonchev–Trinajstić information content (AvgIpc) is 3.07. The van der Waals surface area contributed by atoms with Crippen LogP contribution in [0.2, 0.25) is 0 Å². The van der Waals surface area contributed by atoms with Crippen LogP contribution in [0.3, 0.4) is 0 Å². The van der Waals surface area contributed by atoms with Crippen molar-refractivity contribution in [1.82, 2.24) is 4.98 Å².